The quantitative estimate of drug-likeness (QED) is 0.374. The molecule has 2 aromatic heterocycles. The third kappa shape index (κ3) is 4.74. The number of hydrogen-bond acceptors (Lipinski definition) is 6. The third-order valence-corrected chi connectivity index (χ3v) is 3.29. The molecule has 23 heavy (non-hydrogen) atoms. The number of hydrogen-bond donors (Lipinski definition) is 4. The fraction of sp³-hybridized carbons (Fsp3) is 0.250. The van der Waals surface area contributed by atoms with Crippen molar-refractivity contribution < 1.29 is 34.8 Å². The fourth-order valence-electron chi connectivity index (χ4n) is 1.83. The Bertz CT molecular complexity index is 688. The molecule has 0 fully saturated rings. The maximum Gasteiger partial charge on any atom is 0.0964 e. The second-order valence-corrected chi connectivity index (χ2v) is 5.05. The molecule has 0 aliphatic carbocycles. The molecule has 0 saturated carbocycles. The molecule has 1 aromatic carbocycles. The van der Waals surface area contributed by atoms with E-state index in [1.54, 1.807) is 12.4 Å². The molecule has 0 spiro atoms. The van der Waals surface area contributed by atoms with Crippen LogP contribution in [0.5, 0.6) is 0 Å². The predicted octanol–water partition coefficient (Wildman–Crippen LogP) is 0.441. The van der Waals surface area contributed by atoms with Crippen LogP contribution in [0.25, 0.3) is 21.8 Å². The minimum Gasteiger partial charge on any atom is -0.394 e. The summed E-state index contributed by atoms with van der Waals surface area (Å²) < 4.78 is 0. The summed E-state index contributed by atoms with van der Waals surface area (Å²) in [7, 11) is 0. The summed E-state index contributed by atoms with van der Waals surface area (Å²) in [5.74, 6) is 0. The van der Waals surface area contributed by atoms with Crippen molar-refractivity contribution >= 4 is 21.8 Å². The van der Waals surface area contributed by atoms with Crippen molar-refractivity contribution in [2.45, 2.75) is 5.54 Å². The molecule has 3 aromatic rings. The first-order valence-corrected chi connectivity index (χ1v) is 6.83. The van der Waals surface area contributed by atoms with Gasteiger partial charge in [0.1, 0.15) is 0 Å². The van der Waals surface area contributed by atoms with Crippen molar-refractivity contribution in [1.29, 1.82) is 0 Å². The molecule has 2 heterocycles. The van der Waals surface area contributed by atoms with Crippen molar-refractivity contribution in [3.05, 3.63) is 48.8 Å². The van der Waals surface area contributed by atoms with Crippen LogP contribution in [0.15, 0.2) is 48.8 Å². The van der Waals surface area contributed by atoms with Crippen LogP contribution in [0.1, 0.15) is 0 Å². The number of nitrogens with two attached hydrogens (primary N) is 1. The number of aliphatic hydroxyl groups excluding tert-OH is 3. The summed E-state index contributed by atoms with van der Waals surface area (Å²) in [6, 6.07) is 12.1. The Labute approximate surface area is 146 Å². The Kier molecular flexibility index (Phi) is 7.62. The Hall–Kier alpha value is -1.50. The van der Waals surface area contributed by atoms with Crippen LogP contribution in [0.2, 0.25) is 0 Å². The van der Waals surface area contributed by atoms with E-state index in [2.05, 4.69) is 34.2 Å². The fourth-order valence-corrected chi connectivity index (χ4v) is 1.83. The van der Waals surface area contributed by atoms with Crippen LogP contribution in [-0.2, 0) is 19.5 Å². The van der Waals surface area contributed by atoms with Gasteiger partial charge in [0.15, 0.2) is 0 Å². The first kappa shape index (κ1) is 19.5. The monoisotopic (exact) mass is 403 g/mol. The number of aromatic nitrogens is 2. The zero-order chi connectivity index (χ0) is 16.0. The van der Waals surface area contributed by atoms with Crippen LogP contribution < -0.4 is 5.73 Å². The maximum absolute atomic E-state index is 8.34. The summed E-state index contributed by atoms with van der Waals surface area (Å²) in [6.45, 7) is -1.21. The number of pyridine rings is 2. The summed E-state index contributed by atoms with van der Waals surface area (Å²) in [6.07, 6.45) is 3.60. The molecule has 0 aliphatic heterocycles. The molecule has 3 rings (SSSR count). The van der Waals surface area contributed by atoms with Crippen molar-refractivity contribution in [2.24, 2.45) is 5.73 Å². The van der Waals surface area contributed by atoms with Crippen LogP contribution >= 0.6 is 0 Å². The minimum absolute atomic E-state index is 0. The normalized spacial score (nSPS) is 10.8. The van der Waals surface area contributed by atoms with Gasteiger partial charge < -0.3 is 21.1 Å². The Morgan fingerprint density at radius 3 is 1.48 bits per heavy atom. The van der Waals surface area contributed by atoms with Crippen LogP contribution in [0, 0.1) is 0 Å². The van der Waals surface area contributed by atoms with E-state index in [1.807, 2.05) is 12.1 Å². The van der Waals surface area contributed by atoms with Gasteiger partial charge in [-0.3, -0.25) is 9.97 Å². The third-order valence-electron chi connectivity index (χ3n) is 3.29. The topological polar surface area (TPSA) is 112 Å². The van der Waals surface area contributed by atoms with E-state index in [0.717, 1.165) is 21.8 Å². The van der Waals surface area contributed by atoms with Crippen molar-refractivity contribution in [3.63, 3.8) is 0 Å². The standard InChI is InChI=1S/C12H8N2.C4H11NO3.Ru/c1-3-9-5-6-10-4-2-8-14-12(10)11(9)13-7-1;5-4(1-6,2-7)3-8;/h1-8H;6-8H,1-3,5H2;. The molecule has 5 N–H and O–H groups in total. The van der Waals surface area contributed by atoms with Crippen LogP contribution in [-0.4, -0.2) is 50.6 Å². The van der Waals surface area contributed by atoms with Gasteiger partial charge in [-0.1, -0.05) is 24.3 Å². The molecule has 0 aliphatic rings. The molecule has 6 nitrogen and oxygen atoms in total. The van der Waals surface area contributed by atoms with E-state index in [4.69, 9.17) is 21.1 Å². The van der Waals surface area contributed by atoms with Gasteiger partial charge in [-0.2, -0.15) is 0 Å². The van der Waals surface area contributed by atoms with Gasteiger partial charge >= 0.3 is 0 Å². The summed E-state index contributed by atoms with van der Waals surface area (Å²) in [5.41, 5.74) is 5.89. The zero-order valence-corrected chi connectivity index (χ0v) is 14.1. The molecular formula is C16H19N3O3Ru. The van der Waals surface area contributed by atoms with E-state index in [0.29, 0.717) is 0 Å². The molecule has 0 saturated heterocycles. The molecule has 7 heteroatoms. The van der Waals surface area contributed by atoms with Gasteiger partial charge in [0.25, 0.3) is 0 Å². The zero-order valence-electron chi connectivity index (χ0n) is 12.4. The van der Waals surface area contributed by atoms with Crippen molar-refractivity contribution in [2.75, 3.05) is 19.8 Å². The Morgan fingerprint density at radius 1 is 0.783 bits per heavy atom. The van der Waals surface area contributed by atoms with Crippen LogP contribution in [0.3, 0.4) is 0 Å². The first-order valence-electron chi connectivity index (χ1n) is 6.83. The maximum atomic E-state index is 8.34. The van der Waals surface area contributed by atoms with Gasteiger partial charge in [-0.05, 0) is 12.1 Å². The van der Waals surface area contributed by atoms with Crippen molar-refractivity contribution in [3.8, 4) is 0 Å². The van der Waals surface area contributed by atoms with E-state index in [-0.39, 0.29) is 19.5 Å². The van der Waals surface area contributed by atoms with Gasteiger partial charge in [-0.25, -0.2) is 0 Å². The van der Waals surface area contributed by atoms with Crippen molar-refractivity contribution in [1.82, 2.24) is 9.97 Å². The molecule has 0 bridgehead atoms. The van der Waals surface area contributed by atoms with E-state index in [9.17, 15) is 0 Å². The second kappa shape index (κ2) is 8.96. The minimum atomic E-state index is -1.21. The van der Waals surface area contributed by atoms with E-state index >= 15 is 0 Å². The SMILES string of the molecule is NC(CO)(CO)CO.[Ru].c1cnc2c(c1)ccc1cccnc12. The smallest absolute Gasteiger partial charge is 0.0964 e. The Balaban J connectivity index is 0.000000258. The molecule has 0 unspecified atom stereocenters. The molecule has 0 amide bonds. The average molecular weight is 402 g/mol. The first-order chi connectivity index (χ1) is 10.6. The van der Waals surface area contributed by atoms with Crippen LogP contribution in [0.4, 0.5) is 0 Å². The summed E-state index contributed by atoms with van der Waals surface area (Å²) in [4.78, 5) is 8.69. The molecular weight excluding hydrogens is 383 g/mol. The number of rotatable bonds is 3. The van der Waals surface area contributed by atoms with Gasteiger partial charge in [-0.15, -0.1) is 0 Å². The molecule has 124 valence electrons. The van der Waals surface area contributed by atoms with E-state index < -0.39 is 25.4 Å². The van der Waals surface area contributed by atoms with Gasteiger partial charge in [0.2, 0.25) is 0 Å². The molecule has 0 atom stereocenters. The average Bonchev–Trinajstić information content (AvgIpc) is 2.61. The second-order valence-electron chi connectivity index (χ2n) is 5.05. The summed E-state index contributed by atoms with van der Waals surface area (Å²) in [5, 5.41) is 27.3. The van der Waals surface area contributed by atoms with E-state index in [1.165, 1.54) is 0 Å². The number of fused-ring (bicyclic) bond motifs is 3. The largest absolute Gasteiger partial charge is 0.394 e. The predicted molar refractivity (Wildman–Crippen MR) is 85.2 cm³/mol. The number of aliphatic hydroxyl groups is 3. The summed E-state index contributed by atoms with van der Waals surface area (Å²) >= 11 is 0. The number of nitrogens with zero attached hydrogens (tertiary/aromatic N) is 2. The number of benzene rings is 1. The molecule has 0 radical (unpaired) electrons. The van der Waals surface area contributed by atoms with Gasteiger partial charge in [0, 0.05) is 42.6 Å². The Morgan fingerprint density at radius 2 is 1.17 bits per heavy atom. The van der Waals surface area contributed by atoms with Gasteiger partial charge in [0.05, 0.1) is 36.4 Å².